The quantitative estimate of drug-likeness (QED) is 0.253. The molecule has 3 aromatic carbocycles. The number of thioether (sulfide) groups is 1. The summed E-state index contributed by atoms with van der Waals surface area (Å²) < 4.78 is 11.6. The third-order valence-electron chi connectivity index (χ3n) is 5.44. The van der Waals surface area contributed by atoms with Crippen LogP contribution in [0.25, 0.3) is 27.7 Å². The van der Waals surface area contributed by atoms with Gasteiger partial charge in [0.05, 0.1) is 13.4 Å². The normalized spacial score (nSPS) is 11.6. The van der Waals surface area contributed by atoms with Crippen molar-refractivity contribution >= 4 is 39.9 Å². The number of carbonyl (C=O) groups is 1. The molecule has 0 spiro atoms. The van der Waals surface area contributed by atoms with Gasteiger partial charge < -0.3 is 14.5 Å². The van der Waals surface area contributed by atoms with Gasteiger partial charge in [-0.05, 0) is 55.5 Å². The van der Waals surface area contributed by atoms with Gasteiger partial charge in [-0.1, -0.05) is 36.4 Å². The van der Waals surface area contributed by atoms with Gasteiger partial charge >= 0.3 is 0 Å². The number of ether oxygens (including phenoxy) is 1. The summed E-state index contributed by atoms with van der Waals surface area (Å²) in [5.41, 5.74) is 6.23. The summed E-state index contributed by atoms with van der Waals surface area (Å²) in [7, 11) is 1.64. The third kappa shape index (κ3) is 4.30. The first-order chi connectivity index (χ1) is 15.5. The third-order valence-corrected chi connectivity index (χ3v) is 6.17. The van der Waals surface area contributed by atoms with Crippen LogP contribution < -0.4 is 10.1 Å². The average molecular weight is 444 g/mol. The van der Waals surface area contributed by atoms with Gasteiger partial charge in [0.2, 0.25) is 5.91 Å². The molecule has 32 heavy (non-hydrogen) atoms. The number of nitrogens with one attached hydrogen (secondary N) is 1. The van der Waals surface area contributed by atoms with E-state index in [1.807, 2.05) is 68.6 Å². The summed E-state index contributed by atoms with van der Waals surface area (Å²) in [6, 6.07) is 20.0. The Bertz CT molecular complexity index is 1310. The smallest absolute Gasteiger partial charge is 0.248 e. The number of aryl methyl sites for hydroxylation is 1. The number of hydrogen-bond acceptors (Lipinski definition) is 4. The molecule has 0 aliphatic rings. The van der Waals surface area contributed by atoms with Gasteiger partial charge in [0, 0.05) is 38.7 Å². The first-order valence-corrected chi connectivity index (χ1v) is 11.5. The molecule has 0 saturated heterocycles. The highest BCUT2D eigenvalue weighted by molar-refractivity contribution is 7.98. The minimum atomic E-state index is -0.184. The fraction of sp³-hybridized carbons (Fsp3) is 0.148. The number of allylic oxidation sites excluding steroid dienone is 1. The zero-order valence-electron chi connectivity index (χ0n) is 18.6. The minimum Gasteiger partial charge on any atom is -0.496 e. The molecule has 1 N–H and O–H groups in total. The SMILES string of the molecule is COc1c(/C(C)=C/C(=O)Nc2cccc(SC)c2)cc2c(-c3ccccc3)coc2c1C. The van der Waals surface area contributed by atoms with E-state index in [9.17, 15) is 4.79 Å². The molecule has 0 fully saturated rings. The number of fused-ring (bicyclic) bond motifs is 1. The van der Waals surface area contributed by atoms with Crippen LogP contribution in [0.1, 0.15) is 18.1 Å². The first kappa shape index (κ1) is 21.8. The predicted octanol–water partition coefficient (Wildman–Crippen LogP) is 7.18. The highest BCUT2D eigenvalue weighted by atomic mass is 32.2. The number of methoxy groups -OCH3 is 1. The van der Waals surface area contributed by atoms with Crippen molar-refractivity contribution in [1.82, 2.24) is 0 Å². The molecular weight excluding hydrogens is 418 g/mol. The van der Waals surface area contributed by atoms with E-state index in [4.69, 9.17) is 9.15 Å². The van der Waals surface area contributed by atoms with Gasteiger partial charge in [0.25, 0.3) is 0 Å². The molecule has 0 saturated carbocycles. The van der Waals surface area contributed by atoms with E-state index in [1.165, 1.54) is 0 Å². The molecule has 4 rings (SSSR count). The molecule has 1 heterocycles. The molecule has 0 unspecified atom stereocenters. The maximum atomic E-state index is 12.7. The molecule has 4 aromatic rings. The van der Waals surface area contributed by atoms with E-state index in [1.54, 1.807) is 31.2 Å². The molecular formula is C27H25NO3S. The lowest BCUT2D eigenvalue weighted by Gasteiger charge is -2.13. The largest absolute Gasteiger partial charge is 0.496 e. The molecule has 0 radical (unpaired) electrons. The van der Waals surface area contributed by atoms with Crippen LogP contribution in [0.3, 0.4) is 0 Å². The van der Waals surface area contributed by atoms with Gasteiger partial charge in [0.15, 0.2) is 0 Å². The van der Waals surface area contributed by atoms with Crippen LogP contribution in [0.5, 0.6) is 5.75 Å². The van der Waals surface area contributed by atoms with Crippen molar-refractivity contribution in [1.29, 1.82) is 0 Å². The molecule has 0 atom stereocenters. The summed E-state index contributed by atoms with van der Waals surface area (Å²) in [4.78, 5) is 13.8. The summed E-state index contributed by atoms with van der Waals surface area (Å²) in [5.74, 6) is 0.522. The van der Waals surface area contributed by atoms with Crippen LogP contribution in [-0.2, 0) is 4.79 Å². The maximum absolute atomic E-state index is 12.7. The number of carbonyl (C=O) groups excluding carboxylic acids is 1. The lowest BCUT2D eigenvalue weighted by molar-refractivity contribution is -0.111. The van der Waals surface area contributed by atoms with E-state index in [-0.39, 0.29) is 5.91 Å². The summed E-state index contributed by atoms with van der Waals surface area (Å²) >= 11 is 1.64. The number of benzene rings is 3. The van der Waals surface area contributed by atoms with Crippen molar-refractivity contribution in [3.05, 3.63) is 84.1 Å². The van der Waals surface area contributed by atoms with Gasteiger partial charge in [-0.2, -0.15) is 0 Å². The molecule has 1 aromatic heterocycles. The Hall–Kier alpha value is -3.44. The first-order valence-electron chi connectivity index (χ1n) is 10.3. The second-order valence-electron chi connectivity index (χ2n) is 7.52. The number of hydrogen-bond donors (Lipinski definition) is 1. The van der Waals surface area contributed by atoms with Crippen molar-refractivity contribution < 1.29 is 13.9 Å². The van der Waals surface area contributed by atoms with Gasteiger partial charge in [-0.15, -0.1) is 11.8 Å². The number of amides is 1. The molecule has 4 nitrogen and oxygen atoms in total. The van der Waals surface area contributed by atoms with Crippen molar-refractivity contribution in [2.75, 3.05) is 18.7 Å². The zero-order chi connectivity index (χ0) is 22.7. The van der Waals surface area contributed by atoms with E-state index in [0.717, 1.165) is 49.4 Å². The van der Waals surface area contributed by atoms with Crippen LogP contribution in [-0.4, -0.2) is 19.3 Å². The number of anilines is 1. The minimum absolute atomic E-state index is 0.184. The molecule has 1 amide bonds. The van der Waals surface area contributed by atoms with Crippen LogP contribution in [0, 0.1) is 6.92 Å². The number of furan rings is 1. The predicted molar refractivity (Wildman–Crippen MR) is 133 cm³/mol. The topological polar surface area (TPSA) is 51.5 Å². The maximum Gasteiger partial charge on any atom is 0.248 e. The second kappa shape index (κ2) is 9.37. The molecule has 0 aliphatic carbocycles. The Morgan fingerprint density at radius 3 is 2.59 bits per heavy atom. The molecule has 162 valence electrons. The van der Waals surface area contributed by atoms with Crippen molar-refractivity contribution in [3.63, 3.8) is 0 Å². The standard InChI is InChI=1S/C27H25NO3S/c1-17(13-25(29)28-20-11-8-12-21(14-20)32-4)22-15-23-24(19-9-6-5-7-10-19)16-31-27(23)18(2)26(22)30-3/h5-16H,1-4H3,(H,28,29)/b17-13+. The van der Waals surface area contributed by atoms with Crippen molar-refractivity contribution in [2.45, 2.75) is 18.7 Å². The lowest BCUT2D eigenvalue weighted by atomic mass is 9.96. The van der Waals surface area contributed by atoms with E-state index in [2.05, 4.69) is 17.4 Å². The van der Waals surface area contributed by atoms with Gasteiger partial charge in [-0.3, -0.25) is 4.79 Å². The van der Waals surface area contributed by atoms with Gasteiger partial charge in [0.1, 0.15) is 11.3 Å². The van der Waals surface area contributed by atoms with Gasteiger partial charge in [-0.25, -0.2) is 0 Å². The molecule has 0 bridgehead atoms. The highest BCUT2D eigenvalue weighted by Crippen LogP contribution is 2.40. The Morgan fingerprint density at radius 2 is 1.88 bits per heavy atom. The van der Waals surface area contributed by atoms with Crippen LogP contribution >= 0.6 is 11.8 Å². The Balaban J connectivity index is 1.74. The van der Waals surface area contributed by atoms with E-state index < -0.39 is 0 Å². The Labute approximate surface area is 192 Å². The summed E-state index contributed by atoms with van der Waals surface area (Å²) in [6.07, 6.45) is 5.40. The Morgan fingerprint density at radius 1 is 1.09 bits per heavy atom. The monoisotopic (exact) mass is 443 g/mol. The highest BCUT2D eigenvalue weighted by Gasteiger charge is 2.18. The summed E-state index contributed by atoms with van der Waals surface area (Å²) in [5, 5.41) is 3.94. The number of rotatable bonds is 6. The lowest BCUT2D eigenvalue weighted by Crippen LogP contribution is -2.08. The van der Waals surface area contributed by atoms with E-state index in [0.29, 0.717) is 5.75 Å². The van der Waals surface area contributed by atoms with Crippen molar-refractivity contribution in [2.24, 2.45) is 0 Å². The average Bonchev–Trinajstić information content (AvgIpc) is 3.24. The van der Waals surface area contributed by atoms with Crippen molar-refractivity contribution in [3.8, 4) is 16.9 Å². The van der Waals surface area contributed by atoms with E-state index >= 15 is 0 Å². The fourth-order valence-electron chi connectivity index (χ4n) is 3.87. The molecule has 0 aliphatic heterocycles. The zero-order valence-corrected chi connectivity index (χ0v) is 19.4. The van der Waals surface area contributed by atoms with Crippen LogP contribution in [0.2, 0.25) is 0 Å². The summed E-state index contributed by atoms with van der Waals surface area (Å²) in [6.45, 7) is 3.90. The second-order valence-corrected chi connectivity index (χ2v) is 8.40. The molecule has 5 heteroatoms. The van der Waals surface area contributed by atoms with Crippen LogP contribution in [0.15, 0.2) is 82.3 Å². The van der Waals surface area contributed by atoms with Crippen LogP contribution in [0.4, 0.5) is 5.69 Å². The fourth-order valence-corrected chi connectivity index (χ4v) is 4.33. The Kier molecular flexibility index (Phi) is 6.37.